The average Bonchev–Trinajstić information content (AvgIpc) is 3.82. The summed E-state index contributed by atoms with van der Waals surface area (Å²) in [5.41, 5.74) is 6.63. The molecule has 42 heavy (non-hydrogen) atoms. The van der Waals surface area contributed by atoms with E-state index in [0.29, 0.717) is 30.6 Å². The van der Waals surface area contributed by atoms with Crippen LogP contribution in [0.5, 0.6) is 0 Å². The molecule has 6 heteroatoms. The molecular formula is C36H42BrN3O2. The second-order valence-corrected chi connectivity index (χ2v) is 13.8. The maximum absolute atomic E-state index is 13.1. The van der Waals surface area contributed by atoms with Crippen LogP contribution in [0.25, 0.3) is 0 Å². The number of hydrogen-bond acceptors (Lipinski definition) is 3. The Balaban J connectivity index is 0.996. The van der Waals surface area contributed by atoms with Crippen LogP contribution in [0.15, 0.2) is 71.2 Å². The van der Waals surface area contributed by atoms with Crippen LogP contribution in [0.3, 0.4) is 0 Å². The van der Waals surface area contributed by atoms with Gasteiger partial charge in [-0.1, -0.05) is 60.1 Å². The number of carbonyl (C=O) groups is 2. The summed E-state index contributed by atoms with van der Waals surface area (Å²) in [6.45, 7) is 8.44. The smallest absolute Gasteiger partial charge is 0.251 e. The van der Waals surface area contributed by atoms with Gasteiger partial charge in [0.15, 0.2) is 0 Å². The molecule has 1 saturated heterocycles. The van der Waals surface area contributed by atoms with E-state index in [1.807, 2.05) is 42.5 Å². The molecule has 3 atom stereocenters. The number of rotatable bonds is 10. The minimum Gasteiger partial charge on any atom is -0.352 e. The lowest BCUT2D eigenvalue weighted by Crippen LogP contribution is -2.58. The van der Waals surface area contributed by atoms with Crippen LogP contribution in [-0.4, -0.2) is 48.9 Å². The predicted molar refractivity (Wildman–Crippen MR) is 172 cm³/mol. The van der Waals surface area contributed by atoms with Gasteiger partial charge in [-0.3, -0.25) is 14.5 Å². The van der Waals surface area contributed by atoms with Gasteiger partial charge in [-0.05, 0) is 121 Å². The minimum absolute atomic E-state index is 0.0101. The third-order valence-electron chi connectivity index (χ3n) is 10.1. The first-order valence-electron chi connectivity index (χ1n) is 15.6. The standard InChI is InChI=1S/C36H42BrN3O2/c1-24-33-22-29-11-12-30(21-32(29)36(24,2)17-20-40(33)23-27-3-4-27)35(42)39-19-15-25-5-9-28(10-6-25)34(41)38-18-16-26-7-13-31(37)14-8-26/h5-14,21,24,27,33H,3-4,15-20,22-23H2,1-2H3,(H,38,41)(H,39,42)/t24-,33?,36-/m0/s1. The number of nitrogens with zero attached hydrogens (tertiary/aromatic N) is 1. The first kappa shape index (κ1) is 29.1. The van der Waals surface area contributed by atoms with E-state index in [1.165, 1.54) is 42.6 Å². The summed E-state index contributed by atoms with van der Waals surface area (Å²) in [5, 5.41) is 6.12. The fraction of sp³-hybridized carbons (Fsp3) is 0.444. The van der Waals surface area contributed by atoms with Crippen LogP contribution in [0.2, 0.25) is 0 Å². The summed E-state index contributed by atoms with van der Waals surface area (Å²) >= 11 is 3.45. The summed E-state index contributed by atoms with van der Waals surface area (Å²) in [5.74, 6) is 1.43. The molecule has 2 bridgehead atoms. The highest BCUT2D eigenvalue weighted by atomic mass is 79.9. The van der Waals surface area contributed by atoms with Crippen molar-refractivity contribution in [2.75, 3.05) is 26.2 Å². The molecule has 5 nitrogen and oxygen atoms in total. The fourth-order valence-electron chi connectivity index (χ4n) is 7.03. The molecule has 1 heterocycles. The summed E-state index contributed by atoms with van der Waals surface area (Å²) < 4.78 is 1.05. The molecule has 1 saturated carbocycles. The van der Waals surface area contributed by atoms with Crippen LogP contribution >= 0.6 is 15.9 Å². The number of amides is 2. The van der Waals surface area contributed by atoms with Gasteiger partial charge in [-0.15, -0.1) is 0 Å². The number of likely N-dealkylation sites (tertiary alicyclic amines) is 1. The van der Waals surface area contributed by atoms with Gasteiger partial charge in [-0.25, -0.2) is 0 Å². The van der Waals surface area contributed by atoms with Gasteiger partial charge < -0.3 is 10.6 Å². The van der Waals surface area contributed by atoms with E-state index in [-0.39, 0.29) is 17.2 Å². The first-order valence-corrected chi connectivity index (χ1v) is 16.4. The van der Waals surface area contributed by atoms with E-state index in [0.717, 1.165) is 47.2 Å². The van der Waals surface area contributed by atoms with Gasteiger partial charge in [0.1, 0.15) is 0 Å². The van der Waals surface area contributed by atoms with Crippen molar-refractivity contribution < 1.29 is 9.59 Å². The molecule has 0 spiro atoms. The van der Waals surface area contributed by atoms with Gasteiger partial charge in [0, 0.05) is 41.3 Å². The molecule has 3 aromatic rings. The van der Waals surface area contributed by atoms with Gasteiger partial charge in [0.25, 0.3) is 11.8 Å². The summed E-state index contributed by atoms with van der Waals surface area (Å²) in [4.78, 5) is 28.5. The second-order valence-electron chi connectivity index (χ2n) is 12.9. The molecule has 2 N–H and O–H groups in total. The number of halogens is 1. The molecule has 3 aromatic carbocycles. The lowest BCUT2D eigenvalue weighted by atomic mass is 9.59. The van der Waals surface area contributed by atoms with Crippen LogP contribution in [0.1, 0.15) is 76.1 Å². The highest BCUT2D eigenvalue weighted by Gasteiger charge is 2.49. The van der Waals surface area contributed by atoms with Crippen molar-refractivity contribution in [3.05, 3.63) is 105 Å². The fourth-order valence-corrected chi connectivity index (χ4v) is 7.29. The molecule has 3 aliphatic rings. The first-order chi connectivity index (χ1) is 20.3. The number of fused-ring (bicyclic) bond motifs is 4. The zero-order valence-corrected chi connectivity index (χ0v) is 26.4. The van der Waals surface area contributed by atoms with Crippen molar-refractivity contribution >= 4 is 27.7 Å². The van der Waals surface area contributed by atoms with E-state index in [1.54, 1.807) is 0 Å². The average molecular weight is 629 g/mol. The van der Waals surface area contributed by atoms with Crippen LogP contribution < -0.4 is 10.6 Å². The molecule has 2 amide bonds. The molecule has 1 aliphatic heterocycles. The Morgan fingerprint density at radius 3 is 2.12 bits per heavy atom. The molecule has 2 fully saturated rings. The lowest BCUT2D eigenvalue weighted by Gasteiger charge is -2.55. The monoisotopic (exact) mass is 627 g/mol. The van der Waals surface area contributed by atoms with E-state index >= 15 is 0 Å². The van der Waals surface area contributed by atoms with E-state index in [2.05, 4.69) is 69.6 Å². The Kier molecular flexibility index (Phi) is 8.56. The van der Waals surface area contributed by atoms with E-state index < -0.39 is 0 Å². The van der Waals surface area contributed by atoms with E-state index in [4.69, 9.17) is 0 Å². The molecule has 0 radical (unpaired) electrons. The number of nitrogens with one attached hydrogen (secondary N) is 2. The maximum atomic E-state index is 13.1. The van der Waals surface area contributed by atoms with Crippen molar-refractivity contribution in [1.29, 1.82) is 0 Å². The molecule has 0 aromatic heterocycles. The number of benzene rings is 3. The summed E-state index contributed by atoms with van der Waals surface area (Å²) in [6.07, 6.45) is 6.57. The van der Waals surface area contributed by atoms with Crippen LogP contribution in [0.4, 0.5) is 0 Å². The summed E-state index contributed by atoms with van der Waals surface area (Å²) in [6, 6.07) is 22.8. The molecule has 6 rings (SSSR count). The number of hydrogen-bond donors (Lipinski definition) is 2. The second kappa shape index (κ2) is 12.3. The molecule has 2 aliphatic carbocycles. The zero-order chi connectivity index (χ0) is 29.3. The van der Waals surface area contributed by atoms with Crippen molar-refractivity contribution in [2.45, 2.75) is 63.8 Å². The maximum Gasteiger partial charge on any atom is 0.251 e. The van der Waals surface area contributed by atoms with E-state index in [9.17, 15) is 9.59 Å². The Labute approximate surface area is 258 Å². The number of piperidine rings is 1. The molecule has 220 valence electrons. The minimum atomic E-state index is -0.0673. The SMILES string of the molecule is C[C@H]1C2Cc3ccc(C(=O)NCCc4ccc(C(=O)NCCc5ccc(Br)cc5)cc4)cc3[C@@]1(C)CCN2CC1CC1. The number of carbonyl (C=O) groups excluding carboxylic acids is 2. The zero-order valence-electron chi connectivity index (χ0n) is 24.8. The van der Waals surface area contributed by atoms with Gasteiger partial charge in [0.05, 0.1) is 0 Å². The van der Waals surface area contributed by atoms with Crippen LogP contribution in [-0.2, 0) is 24.7 Å². The van der Waals surface area contributed by atoms with Crippen molar-refractivity contribution in [2.24, 2.45) is 11.8 Å². The highest BCUT2D eigenvalue weighted by Crippen LogP contribution is 2.49. The van der Waals surface area contributed by atoms with Crippen molar-refractivity contribution in [3.8, 4) is 0 Å². The topological polar surface area (TPSA) is 61.4 Å². The Bertz CT molecular complexity index is 1430. The third-order valence-corrected chi connectivity index (χ3v) is 10.6. The Morgan fingerprint density at radius 1 is 0.881 bits per heavy atom. The van der Waals surface area contributed by atoms with Crippen LogP contribution in [0, 0.1) is 11.8 Å². The Morgan fingerprint density at radius 2 is 1.48 bits per heavy atom. The highest BCUT2D eigenvalue weighted by molar-refractivity contribution is 9.10. The molecule has 1 unspecified atom stereocenters. The summed E-state index contributed by atoms with van der Waals surface area (Å²) in [7, 11) is 0. The molecular weight excluding hydrogens is 586 g/mol. The van der Waals surface area contributed by atoms with Crippen molar-refractivity contribution in [1.82, 2.24) is 15.5 Å². The van der Waals surface area contributed by atoms with Crippen molar-refractivity contribution in [3.63, 3.8) is 0 Å². The predicted octanol–water partition coefficient (Wildman–Crippen LogP) is 6.33. The van der Waals surface area contributed by atoms with Gasteiger partial charge >= 0.3 is 0 Å². The Hall–Kier alpha value is -2.96. The third kappa shape index (κ3) is 6.35. The lowest BCUT2D eigenvalue weighted by molar-refractivity contribution is 0.0284. The quantitative estimate of drug-likeness (QED) is 0.276. The largest absolute Gasteiger partial charge is 0.352 e. The van der Waals surface area contributed by atoms with Gasteiger partial charge in [0.2, 0.25) is 0 Å². The normalized spacial score (nSPS) is 23.2. The van der Waals surface area contributed by atoms with Gasteiger partial charge in [-0.2, -0.15) is 0 Å².